The van der Waals surface area contributed by atoms with Gasteiger partial charge in [-0.3, -0.25) is 9.69 Å². The van der Waals surface area contributed by atoms with Crippen molar-refractivity contribution < 1.29 is 22.7 Å². The average Bonchev–Trinajstić information content (AvgIpc) is 2.99. The lowest BCUT2D eigenvalue weighted by Crippen LogP contribution is -2.61. The molecule has 2 aromatic carbocycles. The summed E-state index contributed by atoms with van der Waals surface area (Å²) in [7, 11) is 3.38. The molecule has 1 N–H and O–H groups in total. The number of ether oxygens (including phenoxy) is 1. The van der Waals surface area contributed by atoms with E-state index in [1.165, 1.54) is 14.0 Å². The molecule has 166 valence electrons. The van der Waals surface area contributed by atoms with Crippen LogP contribution in [-0.2, 0) is 11.7 Å². The monoisotopic (exact) mass is 432 g/mol. The maximum absolute atomic E-state index is 13.5. The first kappa shape index (κ1) is 21.7. The molecule has 4 rings (SSSR count). The quantitative estimate of drug-likeness (QED) is 0.747. The van der Waals surface area contributed by atoms with Crippen LogP contribution in [-0.4, -0.2) is 37.0 Å². The summed E-state index contributed by atoms with van der Waals surface area (Å²) in [6.45, 7) is 1.51. The molecule has 2 bridgehead atoms. The molecule has 0 saturated carbocycles. The maximum atomic E-state index is 13.5. The zero-order valence-corrected chi connectivity index (χ0v) is 17.9. The smallest absolute Gasteiger partial charge is 0.416 e. The second kappa shape index (κ2) is 7.86. The standard InChI is InChI=1S/C24H27F3N2O2/c1-15-13-17(24(25,26)27)14-19(31-3)21(15)22(30)28-23(16-7-5-4-6-8-16)12-11-18-9-10-20(23)29(18)2/h4-8,13-14,18,20H,9-12H2,1-3H3,(H,28,30)/t18-,20-,23-/m1/s1. The highest BCUT2D eigenvalue weighted by molar-refractivity contribution is 5.99. The lowest BCUT2D eigenvalue weighted by atomic mass is 9.76. The van der Waals surface area contributed by atoms with Gasteiger partial charge in [-0.1, -0.05) is 30.3 Å². The summed E-state index contributed by atoms with van der Waals surface area (Å²) in [5.41, 5.74) is -0.0361. The van der Waals surface area contributed by atoms with Crippen molar-refractivity contribution in [2.75, 3.05) is 14.2 Å². The number of piperidine rings is 1. The van der Waals surface area contributed by atoms with Crippen LogP contribution < -0.4 is 10.1 Å². The van der Waals surface area contributed by atoms with Crippen molar-refractivity contribution in [3.8, 4) is 5.75 Å². The van der Waals surface area contributed by atoms with Crippen LogP contribution in [0.1, 0.15) is 52.7 Å². The molecule has 0 spiro atoms. The number of hydrogen-bond donors (Lipinski definition) is 1. The molecule has 1 amide bonds. The minimum absolute atomic E-state index is 0.0681. The largest absolute Gasteiger partial charge is 0.496 e. The molecule has 2 saturated heterocycles. The van der Waals surface area contributed by atoms with Crippen molar-refractivity contribution in [2.45, 2.75) is 56.4 Å². The lowest BCUT2D eigenvalue weighted by Gasteiger charge is -2.48. The van der Waals surface area contributed by atoms with E-state index in [2.05, 4.69) is 17.3 Å². The predicted molar refractivity (Wildman–Crippen MR) is 112 cm³/mol. The van der Waals surface area contributed by atoms with Gasteiger partial charge in [-0.05, 0) is 62.9 Å². The first-order valence-corrected chi connectivity index (χ1v) is 10.5. The zero-order valence-electron chi connectivity index (χ0n) is 17.9. The van der Waals surface area contributed by atoms with Crippen LogP contribution in [0.15, 0.2) is 42.5 Å². The topological polar surface area (TPSA) is 41.6 Å². The van der Waals surface area contributed by atoms with Crippen molar-refractivity contribution >= 4 is 5.91 Å². The van der Waals surface area contributed by atoms with Gasteiger partial charge in [0.15, 0.2) is 0 Å². The highest BCUT2D eigenvalue weighted by atomic mass is 19.4. The van der Waals surface area contributed by atoms with Gasteiger partial charge >= 0.3 is 6.18 Å². The molecule has 2 heterocycles. The van der Waals surface area contributed by atoms with E-state index in [0.717, 1.165) is 43.4 Å². The molecule has 0 aromatic heterocycles. The second-order valence-corrected chi connectivity index (χ2v) is 8.61. The molecule has 0 aliphatic carbocycles. The van der Waals surface area contributed by atoms with E-state index >= 15 is 0 Å². The summed E-state index contributed by atoms with van der Waals surface area (Å²) < 4.78 is 45.0. The van der Waals surface area contributed by atoms with E-state index in [0.29, 0.717) is 6.04 Å². The fourth-order valence-electron chi connectivity index (χ4n) is 5.44. The number of nitrogens with one attached hydrogen (secondary N) is 1. The summed E-state index contributed by atoms with van der Waals surface area (Å²) >= 11 is 0. The van der Waals surface area contributed by atoms with Crippen LogP contribution in [0, 0.1) is 6.92 Å². The Morgan fingerprint density at radius 3 is 2.52 bits per heavy atom. The van der Waals surface area contributed by atoms with Gasteiger partial charge in [-0.2, -0.15) is 13.2 Å². The summed E-state index contributed by atoms with van der Waals surface area (Å²) in [6.07, 6.45) is -0.743. The minimum atomic E-state index is -4.51. The van der Waals surface area contributed by atoms with Crippen molar-refractivity contribution in [1.82, 2.24) is 10.2 Å². The van der Waals surface area contributed by atoms with Gasteiger partial charge < -0.3 is 10.1 Å². The summed E-state index contributed by atoms with van der Waals surface area (Å²) in [5.74, 6) is -0.479. The van der Waals surface area contributed by atoms with E-state index in [9.17, 15) is 18.0 Å². The Balaban J connectivity index is 1.76. The Morgan fingerprint density at radius 2 is 1.87 bits per heavy atom. The third-order valence-corrected chi connectivity index (χ3v) is 6.98. The number of nitrogens with zero attached hydrogens (tertiary/aromatic N) is 1. The minimum Gasteiger partial charge on any atom is -0.496 e. The number of benzene rings is 2. The van der Waals surface area contributed by atoms with Crippen molar-refractivity contribution in [3.63, 3.8) is 0 Å². The Bertz CT molecular complexity index is 977. The number of aryl methyl sites for hydroxylation is 1. The molecule has 31 heavy (non-hydrogen) atoms. The zero-order chi connectivity index (χ0) is 22.4. The van der Waals surface area contributed by atoms with Crippen LogP contribution >= 0.6 is 0 Å². The van der Waals surface area contributed by atoms with E-state index in [-0.39, 0.29) is 22.9 Å². The van der Waals surface area contributed by atoms with Crippen LogP contribution in [0.25, 0.3) is 0 Å². The van der Waals surface area contributed by atoms with Crippen LogP contribution in [0.2, 0.25) is 0 Å². The second-order valence-electron chi connectivity index (χ2n) is 8.61. The van der Waals surface area contributed by atoms with Gasteiger partial charge in [0.2, 0.25) is 0 Å². The Labute approximate surface area is 180 Å². The first-order chi connectivity index (χ1) is 14.7. The number of carbonyl (C=O) groups is 1. The first-order valence-electron chi connectivity index (χ1n) is 10.5. The predicted octanol–water partition coefficient (Wildman–Crippen LogP) is 4.90. The number of alkyl halides is 3. The molecule has 2 fully saturated rings. The fourth-order valence-corrected chi connectivity index (χ4v) is 5.44. The molecular weight excluding hydrogens is 405 g/mol. The Kier molecular flexibility index (Phi) is 5.50. The molecule has 3 atom stereocenters. The number of rotatable bonds is 4. The number of likely N-dealkylation sites (N-methyl/N-ethyl adjacent to an activating group) is 1. The third kappa shape index (κ3) is 3.69. The van der Waals surface area contributed by atoms with Crippen molar-refractivity contribution in [2.24, 2.45) is 0 Å². The molecule has 2 aromatic rings. The molecule has 0 unspecified atom stereocenters. The lowest BCUT2D eigenvalue weighted by molar-refractivity contribution is -0.137. The number of amides is 1. The SMILES string of the molecule is COc1cc(C(F)(F)F)cc(C)c1C(=O)N[C@@]1(c2ccccc2)CC[C@H]2CC[C@H]1N2C. The van der Waals surface area contributed by atoms with Crippen LogP contribution in [0.4, 0.5) is 13.2 Å². The Hall–Kier alpha value is -2.54. The van der Waals surface area contributed by atoms with Gasteiger partial charge in [-0.25, -0.2) is 0 Å². The number of halogens is 3. The number of fused-ring (bicyclic) bond motifs is 2. The van der Waals surface area contributed by atoms with Crippen molar-refractivity contribution in [1.29, 1.82) is 0 Å². The van der Waals surface area contributed by atoms with Crippen LogP contribution in [0.5, 0.6) is 5.75 Å². The highest BCUT2D eigenvalue weighted by Gasteiger charge is 2.52. The number of methoxy groups -OCH3 is 1. The fraction of sp³-hybridized carbons (Fsp3) is 0.458. The summed E-state index contributed by atoms with van der Waals surface area (Å²) in [5, 5.41) is 3.25. The van der Waals surface area contributed by atoms with E-state index in [1.54, 1.807) is 0 Å². The summed E-state index contributed by atoms with van der Waals surface area (Å²) in [6, 6.07) is 12.4. The molecule has 2 aliphatic heterocycles. The number of carbonyl (C=O) groups excluding carboxylic acids is 1. The molecule has 0 radical (unpaired) electrons. The van der Waals surface area contributed by atoms with Gasteiger partial charge in [0.05, 0.1) is 23.8 Å². The Morgan fingerprint density at radius 1 is 1.16 bits per heavy atom. The highest BCUT2D eigenvalue weighted by Crippen LogP contribution is 2.46. The molecule has 2 aliphatic rings. The van der Waals surface area contributed by atoms with Gasteiger partial charge in [-0.15, -0.1) is 0 Å². The molecule has 4 nitrogen and oxygen atoms in total. The van der Waals surface area contributed by atoms with E-state index in [4.69, 9.17) is 4.74 Å². The molecule has 7 heteroatoms. The molecular formula is C24H27F3N2O2. The maximum Gasteiger partial charge on any atom is 0.416 e. The average molecular weight is 432 g/mol. The van der Waals surface area contributed by atoms with E-state index in [1.807, 2.05) is 30.3 Å². The van der Waals surface area contributed by atoms with E-state index < -0.39 is 23.2 Å². The van der Waals surface area contributed by atoms with Crippen LogP contribution in [0.3, 0.4) is 0 Å². The normalized spacial score (nSPS) is 26.0. The van der Waals surface area contributed by atoms with Gasteiger partial charge in [0, 0.05) is 12.1 Å². The van der Waals surface area contributed by atoms with Gasteiger partial charge in [0.1, 0.15) is 5.75 Å². The third-order valence-electron chi connectivity index (χ3n) is 6.98. The number of hydrogen-bond acceptors (Lipinski definition) is 3. The van der Waals surface area contributed by atoms with Gasteiger partial charge in [0.25, 0.3) is 5.91 Å². The van der Waals surface area contributed by atoms with Crippen molar-refractivity contribution in [3.05, 3.63) is 64.7 Å². The summed E-state index contributed by atoms with van der Waals surface area (Å²) in [4.78, 5) is 15.9.